The first-order valence-corrected chi connectivity index (χ1v) is 7.04. The van der Waals surface area contributed by atoms with Gasteiger partial charge in [-0.1, -0.05) is 31.1 Å². The largest absolute Gasteiger partial charge is 0.370 e. The molecule has 0 aliphatic carbocycles. The molecule has 0 aliphatic heterocycles. The SMILES string of the molecule is CCC(CC)(OC)c1noc(Cc2ccc(C#N)cc2)n1. The molecule has 0 bridgehead atoms. The molecule has 21 heavy (non-hydrogen) atoms. The molecule has 1 heterocycles. The molecule has 5 nitrogen and oxygen atoms in total. The quantitative estimate of drug-likeness (QED) is 0.815. The van der Waals surface area contributed by atoms with E-state index in [0.717, 1.165) is 18.4 Å². The maximum atomic E-state index is 8.79. The highest BCUT2D eigenvalue weighted by molar-refractivity contribution is 5.32. The first kappa shape index (κ1) is 15.2. The van der Waals surface area contributed by atoms with E-state index in [1.54, 1.807) is 19.2 Å². The van der Waals surface area contributed by atoms with Gasteiger partial charge in [0.05, 0.1) is 18.1 Å². The van der Waals surface area contributed by atoms with Crippen molar-refractivity contribution in [3.63, 3.8) is 0 Å². The Bertz CT molecular complexity index is 613. The highest BCUT2D eigenvalue weighted by Gasteiger charge is 2.33. The molecule has 1 aromatic carbocycles. The van der Waals surface area contributed by atoms with Crippen LogP contribution in [0.1, 0.15) is 49.5 Å². The third-order valence-corrected chi connectivity index (χ3v) is 3.85. The van der Waals surface area contributed by atoms with Crippen molar-refractivity contribution in [2.24, 2.45) is 0 Å². The third kappa shape index (κ3) is 3.11. The third-order valence-electron chi connectivity index (χ3n) is 3.85. The highest BCUT2D eigenvalue weighted by atomic mass is 16.5. The Labute approximate surface area is 124 Å². The second kappa shape index (κ2) is 6.51. The van der Waals surface area contributed by atoms with E-state index in [0.29, 0.717) is 23.7 Å². The molecule has 0 saturated heterocycles. The van der Waals surface area contributed by atoms with Crippen molar-refractivity contribution < 1.29 is 9.26 Å². The molecule has 0 aliphatic rings. The number of aromatic nitrogens is 2. The van der Waals surface area contributed by atoms with Crippen LogP contribution >= 0.6 is 0 Å². The number of hydrogen-bond acceptors (Lipinski definition) is 5. The Kier molecular flexibility index (Phi) is 4.71. The van der Waals surface area contributed by atoms with E-state index < -0.39 is 5.60 Å². The fraction of sp³-hybridized carbons (Fsp3) is 0.438. The normalized spacial score (nSPS) is 11.3. The maximum absolute atomic E-state index is 8.79. The molecule has 2 rings (SSSR count). The van der Waals surface area contributed by atoms with E-state index in [4.69, 9.17) is 14.5 Å². The van der Waals surface area contributed by atoms with Crippen LogP contribution < -0.4 is 0 Å². The summed E-state index contributed by atoms with van der Waals surface area (Å²) in [6.07, 6.45) is 2.12. The minimum absolute atomic E-state index is 0.480. The summed E-state index contributed by atoms with van der Waals surface area (Å²) < 4.78 is 10.9. The van der Waals surface area contributed by atoms with E-state index in [9.17, 15) is 0 Å². The Morgan fingerprint density at radius 2 is 1.90 bits per heavy atom. The second-order valence-corrected chi connectivity index (χ2v) is 4.90. The van der Waals surface area contributed by atoms with Gasteiger partial charge >= 0.3 is 0 Å². The molecule has 0 atom stereocenters. The summed E-state index contributed by atoms with van der Waals surface area (Å²) >= 11 is 0. The number of hydrogen-bond donors (Lipinski definition) is 0. The average molecular weight is 285 g/mol. The van der Waals surface area contributed by atoms with Crippen molar-refractivity contribution in [2.45, 2.75) is 38.7 Å². The summed E-state index contributed by atoms with van der Waals surface area (Å²) in [6.45, 7) is 4.09. The summed E-state index contributed by atoms with van der Waals surface area (Å²) in [6, 6.07) is 9.45. The number of nitriles is 1. The van der Waals surface area contributed by atoms with Gasteiger partial charge in [0.15, 0.2) is 0 Å². The predicted molar refractivity (Wildman–Crippen MR) is 77.5 cm³/mol. The molecule has 0 unspecified atom stereocenters. The first-order chi connectivity index (χ1) is 10.2. The average Bonchev–Trinajstić information content (AvgIpc) is 2.99. The molecular weight excluding hydrogens is 266 g/mol. The smallest absolute Gasteiger partial charge is 0.231 e. The molecule has 110 valence electrons. The molecule has 0 spiro atoms. The molecule has 0 amide bonds. The fourth-order valence-corrected chi connectivity index (χ4v) is 2.33. The van der Waals surface area contributed by atoms with Gasteiger partial charge in [0.1, 0.15) is 5.60 Å². The Balaban J connectivity index is 2.18. The lowest BCUT2D eigenvalue weighted by atomic mass is 9.96. The van der Waals surface area contributed by atoms with Gasteiger partial charge in [-0.05, 0) is 30.5 Å². The van der Waals surface area contributed by atoms with Crippen molar-refractivity contribution in [1.29, 1.82) is 5.26 Å². The minimum Gasteiger partial charge on any atom is -0.370 e. The minimum atomic E-state index is -0.480. The van der Waals surface area contributed by atoms with Gasteiger partial charge in [-0.15, -0.1) is 0 Å². The Morgan fingerprint density at radius 3 is 2.43 bits per heavy atom. The van der Waals surface area contributed by atoms with Crippen molar-refractivity contribution >= 4 is 0 Å². The van der Waals surface area contributed by atoms with E-state index in [-0.39, 0.29) is 0 Å². The number of methoxy groups -OCH3 is 1. The van der Waals surface area contributed by atoms with E-state index in [2.05, 4.69) is 16.2 Å². The topological polar surface area (TPSA) is 71.9 Å². The van der Waals surface area contributed by atoms with Gasteiger partial charge in [0, 0.05) is 7.11 Å². The number of benzene rings is 1. The van der Waals surface area contributed by atoms with Crippen LogP contribution in [0.25, 0.3) is 0 Å². The van der Waals surface area contributed by atoms with Crippen LogP contribution in [0, 0.1) is 11.3 Å². The number of rotatable bonds is 6. The van der Waals surface area contributed by atoms with Crippen LogP contribution in [0.2, 0.25) is 0 Å². The van der Waals surface area contributed by atoms with Crippen molar-refractivity contribution in [1.82, 2.24) is 10.1 Å². The molecular formula is C16H19N3O2. The molecule has 2 aromatic rings. The van der Waals surface area contributed by atoms with Gasteiger partial charge in [0.2, 0.25) is 11.7 Å². The Morgan fingerprint density at radius 1 is 1.24 bits per heavy atom. The second-order valence-electron chi connectivity index (χ2n) is 4.90. The van der Waals surface area contributed by atoms with E-state index in [1.807, 2.05) is 26.0 Å². The molecule has 5 heteroatoms. The molecule has 0 saturated carbocycles. The van der Waals surface area contributed by atoms with Gasteiger partial charge in [-0.2, -0.15) is 10.2 Å². The number of nitrogens with zero attached hydrogens (tertiary/aromatic N) is 3. The van der Waals surface area contributed by atoms with Crippen LogP contribution in [0.15, 0.2) is 28.8 Å². The summed E-state index contributed by atoms with van der Waals surface area (Å²) in [7, 11) is 1.67. The van der Waals surface area contributed by atoms with Crippen molar-refractivity contribution in [2.75, 3.05) is 7.11 Å². The van der Waals surface area contributed by atoms with Gasteiger partial charge in [-0.3, -0.25) is 0 Å². The van der Waals surface area contributed by atoms with Crippen LogP contribution in [0.3, 0.4) is 0 Å². The summed E-state index contributed by atoms with van der Waals surface area (Å²) in [4.78, 5) is 4.47. The number of ether oxygens (including phenoxy) is 1. The van der Waals surface area contributed by atoms with Crippen LogP contribution in [-0.4, -0.2) is 17.3 Å². The molecule has 0 radical (unpaired) electrons. The Hall–Kier alpha value is -2.19. The fourth-order valence-electron chi connectivity index (χ4n) is 2.33. The maximum Gasteiger partial charge on any atom is 0.231 e. The standard InChI is InChI=1S/C16H19N3O2/c1-4-16(5-2,20-3)15-18-14(21-19-15)10-12-6-8-13(11-17)9-7-12/h6-9H,4-5,10H2,1-3H3. The zero-order chi connectivity index (χ0) is 15.3. The summed E-state index contributed by atoms with van der Waals surface area (Å²) in [5.41, 5.74) is 1.19. The lowest BCUT2D eigenvalue weighted by molar-refractivity contribution is -0.0306. The molecule has 1 aromatic heterocycles. The van der Waals surface area contributed by atoms with Gasteiger partial charge < -0.3 is 9.26 Å². The lowest BCUT2D eigenvalue weighted by Crippen LogP contribution is -2.28. The van der Waals surface area contributed by atoms with Crippen LogP contribution in [-0.2, 0) is 16.8 Å². The van der Waals surface area contributed by atoms with Gasteiger partial charge in [-0.25, -0.2) is 0 Å². The zero-order valence-electron chi connectivity index (χ0n) is 12.6. The van der Waals surface area contributed by atoms with E-state index in [1.165, 1.54) is 0 Å². The monoisotopic (exact) mass is 285 g/mol. The van der Waals surface area contributed by atoms with Crippen molar-refractivity contribution in [3.05, 3.63) is 47.1 Å². The lowest BCUT2D eigenvalue weighted by Gasteiger charge is -2.25. The van der Waals surface area contributed by atoms with Crippen LogP contribution in [0.4, 0.5) is 0 Å². The summed E-state index contributed by atoms with van der Waals surface area (Å²) in [5.74, 6) is 1.15. The van der Waals surface area contributed by atoms with Gasteiger partial charge in [0.25, 0.3) is 0 Å². The van der Waals surface area contributed by atoms with E-state index >= 15 is 0 Å². The zero-order valence-corrected chi connectivity index (χ0v) is 12.6. The molecule has 0 fully saturated rings. The summed E-state index contributed by atoms with van der Waals surface area (Å²) in [5, 5.41) is 12.9. The first-order valence-electron chi connectivity index (χ1n) is 7.04. The van der Waals surface area contributed by atoms with Crippen molar-refractivity contribution in [3.8, 4) is 6.07 Å². The molecule has 0 N–H and O–H groups in total. The highest BCUT2D eigenvalue weighted by Crippen LogP contribution is 2.30. The van der Waals surface area contributed by atoms with Crippen LogP contribution in [0.5, 0.6) is 0 Å². The predicted octanol–water partition coefficient (Wildman–Crippen LogP) is 3.19.